The van der Waals surface area contributed by atoms with Gasteiger partial charge in [-0.3, -0.25) is 0 Å². The molecule has 3 heteroatoms. The topological polar surface area (TPSA) is 21.3 Å². The molecule has 13 rings (SSSR count). The Bertz CT molecular complexity index is 3530. The van der Waals surface area contributed by atoms with E-state index < -0.39 is 5.41 Å². The Kier molecular flexibility index (Phi) is 8.52. The fraction of sp³-hybridized carbons (Fsp3) is 0.115. The van der Waals surface area contributed by atoms with Crippen LogP contribution in [0.1, 0.15) is 60.3 Å². The highest BCUT2D eigenvalue weighted by atomic mass is 16.3. The molecule has 0 spiro atoms. The second-order valence-corrected chi connectivity index (χ2v) is 17.7. The minimum Gasteiger partial charge on any atom is -0.455 e. The summed E-state index contributed by atoms with van der Waals surface area (Å²) in [6.45, 7) is 0. The molecule has 2 heterocycles. The predicted octanol–water partition coefficient (Wildman–Crippen LogP) is 16.6. The van der Waals surface area contributed by atoms with Crippen molar-refractivity contribution in [3.63, 3.8) is 0 Å². The Morgan fingerprint density at radius 3 is 2.12 bits per heavy atom. The zero-order chi connectivity index (χ0) is 42.2. The lowest BCUT2D eigenvalue weighted by molar-refractivity contribution is 0.654. The SMILES string of the molecule is C1=CCCC(C2(c3ccccc3)c3ccccc3-c3ccc(N(c4ccc(C5C=CCCC5)cc4)c4ccc5c(c4)c4c6oc7ccccc7c6ccc4n5-c4ccccc4)cc32)=C1. The Hall–Kier alpha value is -7.62. The molecule has 64 heavy (non-hydrogen) atoms. The summed E-state index contributed by atoms with van der Waals surface area (Å²) in [4.78, 5) is 2.48. The lowest BCUT2D eigenvalue weighted by Crippen LogP contribution is -2.30. The molecule has 0 aliphatic heterocycles. The van der Waals surface area contributed by atoms with Crippen LogP contribution in [0.15, 0.2) is 222 Å². The van der Waals surface area contributed by atoms with Crippen LogP contribution in [-0.4, -0.2) is 4.57 Å². The zero-order valence-electron chi connectivity index (χ0n) is 35.6. The van der Waals surface area contributed by atoms with Crippen LogP contribution in [-0.2, 0) is 5.41 Å². The highest BCUT2D eigenvalue weighted by molar-refractivity contribution is 6.24. The summed E-state index contributed by atoms with van der Waals surface area (Å²) in [6.07, 6.45) is 17.3. The van der Waals surface area contributed by atoms with Crippen LogP contribution in [0.4, 0.5) is 17.1 Å². The van der Waals surface area contributed by atoms with Crippen molar-refractivity contribution in [1.29, 1.82) is 0 Å². The third-order valence-corrected chi connectivity index (χ3v) is 14.4. The molecule has 0 N–H and O–H groups in total. The first kappa shape index (κ1) is 37.0. The van der Waals surface area contributed by atoms with Crippen LogP contribution < -0.4 is 4.90 Å². The average Bonchev–Trinajstić information content (AvgIpc) is 4.01. The summed E-state index contributed by atoms with van der Waals surface area (Å²) in [5, 5.41) is 4.54. The van der Waals surface area contributed by atoms with Crippen LogP contribution in [0.2, 0.25) is 0 Å². The van der Waals surface area contributed by atoms with E-state index in [1.807, 2.05) is 0 Å². The fourth-order valence-electron chi connectivity index (χ4n) is 11.5. The number of allylic oxidation sites excluding steroid dienone is 6. The number of fused-ring (bicyclic) bond motifs is 10. The normalized spacial score (nSPS) is 17.9. The first-order chi connectivity index (χ1) is 31.8. The van der Waals surface area contributed by atoms with Gasteiger partial charge in [-0.1, -0.05) is 145 Å². The second kappa shape index (κ2) is 14.7. The van der Waals surface area contributed by atoms with Gasteiger partial charge in [0.25, 0.3) is 0 Å². The average molecular weight is 823 g/mol. The molecule has 2 aromatic heterocycles. The van der Waals surface area contributed by atoms with E-state index in [0.717, 1.165) is 79.3 Å². The van der Waals surface area contributed by atoms with E-state index in [4.69, 9.17) is 4.42 Å². The number of rotatable bonds is 7. The molecule has 0 saturated heterocycles. The van der Waals surface area contributed by atoms with E-state index in [1.165, 1.54) is 58.2 Å². The summed E-state index contributed by atoms with van der Waals surface area (Å²) in [5.74, 6) is 0.450. The molecule has 10 aromatic rings. The van der Waals surface area contributed by atoms with Crippen molar-refractivity contribution >= 4 is 60.8 Å². The molecule has 0 radical (unpaired) electrons. The van der Waals surface area contributed by atoms with Gasteiger partial charge >= 0.3 is 0 Å². The molecule has 3 nitrogen and oxygen atoms in total. The molecule has 3 aliphatic rings. The van der Waals surface area contributed by atoms with Crippen molar-refractivity contribution in [2.45, 2.75) is 43.4 Å². The Labute approximate surface area is 373 Å². The summed E-state index contributed by atoms with van der Waals surface area (Å²) in [6, 6.07) is 67.7. The number of hydrogen-bond donors (Lipinski definition) is 0. The van der Waals surface area contributed by atoms with Gasteiger partial charge in [0, 0.05) is 44.8 Å². The van der Waals surface area contributed by atoms with Crippen molar-refractivity contribution < 1.29 is 4.42 Å². The molecule has 0 bridgehead atoms. The smallest absolute Gasteiger partial charge is 0.145 e. The molecule has 8 aromatic carbocycles. The fourth-order valence-corrected chi connectivity index (χ4v) is 11.5. The third kappa shape index (κ3) is 5.53. The Morgan fingerprint density at radius 2 is 1.30 bits per heavy atom. The van der Waals surface area contributed by atoms with Crippen molar-refractivity contribution in [2.75, 3.05) is 4.90 Å². The zero-order valence-corrected chi connectivity index (χ0v) is 35.6. The van der Waals surface area contributed by atoms with E-state index in [2.05, 4.69) is 222 Å². The van der Waals surface area contributed by atoms with Crippen LogP contribution in [0.5, 0.6) is 0 Å². The molecule has 0 fully saturated rings. The van der Waals surface area contributed by atoms with Crippen LogP contribution in [0, 0.1) is 0 Å². The minimum absolute atomic E-state index is 0.434. The van der Waals surface area contributed by atoms with Crippen molar-refractivity contribution in [1.82, 2.24) is 4.57 Å². The number of anilines is 3. The van der Waals surface area contributed by atoms with Gasteiger partial charge in [0.2, 0.25) is 0 Å². The lowest BCUT2D eigenvalue weighted by atomic mass is 9.65. The lowest BCUT2D eigenvalue weighted by Gasteiger charge is -2.37. The van der Waals surface area contributed by atoms with Gasteiger partial charge in [0.05, 0.1) is 21.8 Å². The second-order valence-electron chi connectivity index (χ2n) is 17.7. The number of hydrogen-bond acceptors (Lipinski definition) is 2. The first-order valence-electron chi connectivity index (χ1n) is 22.9. The third-order valence-electron chi connectivity index (χ3n) is 14.4. The Morgan fingerprint density at radius 1 is 0.562 bits per heavy atom. The number of aromatic nitrogens is 1. The minimum atomic E-state index is -0.434. The van der Waals surface area contributed by atoms with E-state index in [0.29, 0.717) is 5.92 Å². The number of para-hydroxylation sites is 2. The van der Waals surface area contributed by atoms with E-state index >= 15 is 0 Å². The van der Waals surface area contributed by atoms with Crippen molar-refractivity contribution in [3.8, 4) is 16.8 Å². The summed E-state index contributed by atoms with van der Waals surface area (Å²) < 4.78 is 9.22. The predicted molar refractivity (Wildman–Crippen MR) is 267 cm³/mol. The molecule has 306 valence electrons. The first-order valence-corrected chi connectivity index (χ1v) is 22.9. The molecular weight excluding hydrogens is 777 g/mol. The standard InChI is InChI=1S/C61H46N2O/c1-5-17-41(18-6-1)42-29-31-46(32-30-42)62(48-33-35-50-49-25-13-15-27-54(49)61(55(50)40-48,43-19-7-2-8-20-43)44-21-9-3-10-22-44)47-34-37-56-53(39-47)59-57(63(56)45-23-11-4-12-24-45)38-36-52-51-26-14-16-28-58(51)64-60(52)59/h2-5,7-9,11-17,19-21,23-41H,1,6,10,18,22H2. The molecule has 2 atom stereocenters. The van der Waals surface area contributed by atoms with Crippen molar-refractivity contribution in [3.05, 3.63) is 240 Å². The van der Waals surface area contributed by atoms with E-state index in [-0.39, 0.29) is 0 Å². The molecule has 0 saturated carbocycles. The van der Waals surface area contributed by atoms with Crippen molar-refractivity contribution in [2.24, 2.45) is 0 Å². The summed E-state index contributed by atoms with van der Waals surface area (Å²) in [5.41, 5.74) is 17.5. The number of furan rings is 1. The van der Waals surface area contributed by atoms with E-state index in [1.54, 1.807) is 0 Å². The maximum absolute atomic E-state index is 6.82. The molecular formula is C61H46N2O. The van der Waals surface area contributed by atoms with Gasteiger partial charge in [-0.25, -0.2) is 0 Å². The molecule has 3 aliphatic carbocycles. The number of nitrogens with zero attached hydrogens (tertiary/aromatic N) is 2. The molecule has 0 amide bonds. The van der Waals surface area contributed by atoms with Gasteiger partial charge in [0.15, 0.2) is 0 Å². The highest BCUT2D eigenvalue weighted by Gasteiger charge is 2.47. The van der Waals surface area contributed by atoms with Gasteiger partial charge in [0.1, 0.15) is 11.2 Å². The van der Waals surface area contributed by atoms with Gasteiger partial charge in [-0.2, -0.15) is 0 Å². The number of benzene rings is 8. The van der Waals surface area contributed by atoms with Crippen LogP contribution in [0.3, 0.4) is 0 Å². The van der Waals surface area contributed by atoms with Crippen LogP contribution >= 0.6 is 0 Å². The maximum atomic E-state index is 6.82. The monoisotopic (exact) mass is 822 g/mol. The van der Waals surface area contributed by atoms with E-state index in [9.17, 15) is 0 Å². The van der Waals surface area contributed by atoms with Gasteiger partial charge in [-0.15, -0.1) is 0 Å². The van der Waals surface area contributed by atoms with Gasteiger partial charge in [-0.05, 0) is 138 Å². The highest BCUT2D eigenvalue weighted by Crippen LogP contribution is 2.59. The quantitative estimate of drug-likeness (QED) is 0.149. The Balaban J connectivity index is 1.08. The van der Waals surface area contributed by atoms with Crippen LogP contribution in [0.25, 0.3) is 60.6 Å². The largest absolute Gasteiger partial charge is 0.455 e. The summed E-state index contributed by atoms with van der Waals surface area (Å²) >= 11 is 0. The summed E-state index contributed by atoms with van der Waals surface area (Å²) in [7, 11) is 0. The molecule has 2 unspecified atom stereocenters. The van der Waals surface area contributed by atoms with Gasteiger partial charge < -0.3 is 13.9 Å². The maximum Gasteiger partial charge on any atom is 0.145 e.